The number of ether oxygens (including phenoxy) is 1. The van der Waals surface area contributed by atoms with Gasteiger partial charge in [-0.15, -0.1) is 0 Å². The Morgan fingerprint density at radius 1 is 1.10 bits per heavy atom. The van der Waals surface area contributed by atoms with Gasteiger partial charge in [0.05, 0.1) is 12.3 Å². The molecule has 1 N–H and O–H groups in total. The van der Waals surface area contributed by atoms with Crippen LogP contribution >= 0.6 is 11.8 Å². The van der Waals surface area contributed by atoms with Gasteiger partial charge in [0.2, 0.25) is 0 Å². The van der Waals surface area contributed by atoms with Crippen LogP contribution in [0, 0.1) is 11.3 Å². The van der Waals surface area contributed by atoms with Crippen molar-refractivity contribution in [1.29, 1.82) is 5.26 Å². The highest BCUT2D eigenvalue weighted by molar-refractivity contribution is 7.99. The second kappa shape index (κ2) is 11.1. The van der Waals surface area contributed by atoms with Gasteiger partial charge in [-0.25, -0.2) is 4.79 Å². The zero-order valence-corrected chi connectivity index (χ0v) is 18.1. The Morgan fingerprint density at radius 3 is 2.45 bits per heavy atom. The molecule has 160 valence electrons. The summed E-state index contributed by atoms with van der Waals surface area (Å²) in [7, 11) is 0. The van der Waals surface area contributed by atoms with Crippen LogP contribution in [0.4, 0.5) is 10.5 Å². The van der Waals surface area contributed by atoms with Gasteiger partial charge in [0, 0.05) is 42.2 Å². The van der Waals surface area contributed by atoms with E-state index in [1.807, 2.05) is 65.6 Å². The molecule has 0 atom stereocenters. The fourth-order valence-corrected chi connectivity index (χ4v) is 3.96. The lowest BCUT2D eigenvalue weighted by molar-refractivity contribution is -0.112. The highest BCUT2D eigenvalue weighted by atomic mass is 32.2. The van der Waals surface area contributed by atoms with Crippen LogP contribution in [0.3, 0.4) is 0 Å². The first-order valence-electron chi connectivity index (χ1n) is 10.0. The third kappa shape index (κ3) is 6.27. The minimum absolute atomic E-state index is 0.0177. The Kier molecular flexibility index (Phi) is 7.96. The summed E-state index contributed by atoms with van der Waals surface area (Å²) in [5.74, 6) is -0.462. The maximum absolute atomic E-state index is 12.8. The van der Waals surface area contributed by atoms with Crippen molar-refractivity contribution in [2.45, 2.75) is 16.7 Å². The van der Waals surface area contributed by atoms with E-state index in [0.717, 1.165) is 9.79 Å². The number of nitriles is 1. The molecule has 0 radical (unpaired) electrons. The first-order valence-corrected chi connectivity index (χ1v) is 10.8. The number of benzene rings is 2. The number of hydrogen-bond acceptors (Lipinski definition) is 6. The first kappa shape index (κ1) is 22.2. The predicted octanol–water partition coefficient (Wildman–Crippen LogP) is 3.96. The van der Waals surface area contributed by atoms with Crippen molar-refractivity contribution in [3.8, 4) is 6.07 Å². The number of para-hydroxylation sites is 1. The number of rotatable bonds is 6. The molecular formula is C23H24N4O3S. The second-order valence-corrected chi connectivity index (χ2v) is 7.86. The second-order valence-electron chi connectivity index (χ2n) is 6.74. The molecule has 1 heterocycles. The number of nitrogens with zero attached hydrogens (tertiary/aromatic N) is 3. The van der Waals surface area contributed by atoms with Gasteiger partial charge >= 0.3 is 6.09 Å². The van der Waals surface area contributed by atoms with Crippen LogP contribution in [0.1, 0.15) is 6.92 Å². The molecule has 0 saturated carbocycles. The largest absolute Gasteiger partial charge is 0.450 e. The van der Waals surface area contributed by atoms with Gasteiger partial charge in [-0.2, -0.15) is 5.26 Å². The Hall–Kier alpha value is -3.44. The Morgan fingerprint density at radius 2 is 1.77 bits per heavy atom. The van der Waals surface area contributed by atoms with Crippen molar-refractivity contribution in [3.63, 3.8) is 0 Å². The highest BCUT2D eigenvalue weighted by Crippen LogP contribution is 2.33. The van der Waals surface area contributed by atoms with E-state index in [4.69, 9.17) is 4.74 Å². The Labute approximate surface area is 186 Å². The summed E-state index contributed by atoms with van der Waals surface area (Å²) in [6.07, 6.45) is 1.22. The maximum atomic E-state index is 12.8. The minimum Gasteiger partial charge on any atom is -0.450 e. The quantitative estimate of drug-likeness (QED) is 0.545. The van der Waals surface area contributed by atoms with Crippen LogP contribution in [0.25, 0.3) is 0 Å². The molecule has 2 aromatic rings. The predicted molar refractivity (Wildman–Crippen MR) is 120 cm³/mol. The molecule has 2 aromatic carbocycles. The standard InChI is InChI=1S/C23H24N4O3S/c1-2-30-23(29)27-14-12-26(13-15-27)17-18(16-24)22(28)25-20-10-6-7-11-21(20)31-19-8-4-3-5-9-19/h3-11,17H,2,12-15H2,1H3,(H,25,28)/b18-17-. The van der Waals surface area contributed by atoms with Gasteiger partial charge in [0.1, 0.15) is 11.6 Å². The highest BCUT2D eigenvalue weighted by Gasteiger charge is 2.22. The fraction of sp³-hybridized carbons (Fsp3) is 0.261. The molecule has 3 rings (SSSR count). The normalized spacial score (nSPS) is 14.0. The monoisotopic (exact) mass is 436 g/mol. The summed E-state index contributed by atoms with van der Waals surface area (Å²) >= 11 is 1.54. The van der Waals surface area contributed by atoms with E-state index in [1.165, 1.54) is 0 Å². The molecule has 0 bridgehead atoms. The lowest BCUT2D eigenvalue weighted by atomic mass is 10.2. The fourth-order valence-electron chi connectivity index (χ4n) is 3.03. The number of nitrogens with one attached hydrogen (secondary N) is 1. The zero-order chi connectivity index (χ0) is 22.1. The lowest BCUT2D eigenvalue weighted by Gasteiger charge is -2.33. The molecule has 1 fully saturated rings. The van der Waals surface area contributed by atoms with Crippen LogP contribution in [-0.2, 0) is 9.53 Å². The molecule has 1 aliphatic rings. The van der Waals surface area contributed by atoms with Crippen LogP contribution in [0.15, 0.2) is 76.2 Å². The summed E-state index contributed by atoms with van der Waals surface area (Å²) in [6.45, 7) is 4.11. The first-order chi connectivity index (χ1) is 15.1. The zero-order valence-electron chi connectivity index (χ0n) is 17.3. The van der Waals surface area contributed by atoms with Crippen molar-refractivity contribution in [1.82, 2.24) is 9.80 Å². The molecule has 7 nitrogen and oxygen atoms in total. The van der Waals surface area contributed by atoms with Crippen molar-refractivity contribution in [2.24, 2.45) is 0 Å². The van der Waals surface area contributed by atoms with Crippen molar-refractivity contribution < 1.29 is 14.3 Å². The maximum Gasteiger partial charge on any atom is 0.409 e. The van der Waals surface area contributed by atoms with Crippen molar-refractivity contribution >= 4 is 29.4 Å². The van der Waals surface area contributed by atoms with Gasteiger partial charge in [0.15, 0.2) is 0 Å². The van der Waals surface area contributed by atoms with Crippen molar-refractivity contribution in [3.05, 3.63) is 66.4 Å². The number of piperazine rings is 1. The molecule has 31 heavy (non-hydrogen) atoms. The lowest BCUT2D eigenvalue weighted by Crippen LogP contribution is -2.47. The summed E-state index contributed by atoms with van der Waals surface area (Å²) in [6, 6.07) is 19.4. The molecule has 0 aromatic heterocycles. The molecule has 1 aliphatic heterocycles. The van der Waals surface area contributed by atoms with E-state index in [0.29, 0.717) is 38.5 Å². The number of hydrogen-bond donors (Lipinski definition) is 1. The third-order valence-electron chi connectivity index (χ3n) is 4.62. The van der Waals surface area contributed by atoms with Crippen LogP contribution < -0.4 is 5.32 Å². The number of carbonyl (C=O) groups excluding carboxylic acids is 2. The third-order valence-corrected chi connectivity index (χ3v) is 5.71. The number of carbonyl (C=O) groups is 2. The Balaban J connectivity index is 1.64. The van der Waals surface area contributed by atoms with Gasteiger partial charge in [-0.05, 0) is 31.2 Å². The SMILES string of the molecule is CCOC(=O)N1CCN(/C=C(/C#N)C(=O)Nc2ccccc2Sc2ccccc2)CC1. The molecule has 8 heteroatoms. The summed E-state index contributed by atoms with van der Waals surface area (Å²) in [4.78, 5) is 30.0. The molecule has 0 spiro atoms. The average molecular weight is 437 g/mol. The van der Waals surface area contributed by atoms with Crippen LogP contribution in [0.2, 0.25) is 0 Å². The molecule has 0 unspecified atom stereocenters. The van der Waals surface area contributed by atoms with E-state index in [2.05, 4.69) is 5.32 Å². The van der Waals surface area contributed by atoms with Gasteiger partial charge in [0.25, 0.3) is 5.91 Å². The summed E-state index contributed by atoms with van der Waals surface area (Å²) < 4.78 is 5.01. The summed E-state index contributed by atoms with van der Waals surface area (Å²) in [5, 5.41) is 12.4. The van der Waals surface area contributed by atoms with E-state index in [-0.39, 0.29) is 11.7 Å². The smallest absolute Gasteiger partial charge is 0.409 e. The Bertz CT molecular complexity index is 980. The number of anilines is 1. The van der Waals surface area contributed by atoms with E-state index < -0.39 is 5.91 Å². The molecular weight excluding hydrogens is 412 g/mol. The van der Waals surface area contributed by atoms with Gasteiger partial charge < -0.3 is 19.9 Å². The number of amides is 2. The van der Waals surface area contributed by atoms with E-state index in [9.17, 15) is 14.9 Å². The van der Waals surface area contributed by atoms with Gasteiger partial charge in [-0.1, -0.05) is 42.1 Å². The average Bonchev–Trinajstić information content (AvgIpc) is 2.80. The van der Waals surface area contributed by atoms with Crippen LogP contribution in [-0.4, -0.2) is 54.6 Å². The van der Waals surface area contributed by atoms with Crippen molar-refractivity contribution in [2.75, 3.05) is 38.1 Å². The van der Waals surface area contributed by atoms with E-state index >= 15 is 0 Å². The molecule has 2 amide bonds. The molecule has 0 aliphatic carbocycles. The molecule has 1 saturated heterocycles. The van der Waals surface area contributed by atoms with Crippen LogP contribution in [0.5, 0.6) is 0 Å². The van der Waals surface area contributed by atoms with Gasteiger partial charge in [-0.3, -0.25) is 4.79 Å². The topological polar surface area (TPSA) is 85.7 Å². The minimum atomic E-state index is -0.462. The summed E-state index contributed by atoms with van der Waals surface area (Å²) in [5.41, 5.74) is 0.665. The van der Waals surface area contributed by atoms with E-state index in [1.54, 1.807) is 29.8 Å².